The highest BCUT2D eigenvalue weighted by molar-refractivity contribution is 7.92. The quantitative estimate of drug-likeness (QED) is 0.491. The number of ether oxygens (including phenoxy) is 1. The van der Waals surface area contributed by atoms with E-state index in [1.54, 1.807) is 6.92 Å². The molecule has 0 saturated carbocycles. The van der Waals surface area contributed by atoms with Gasteiger partial charge in [0.1, 0.15) is 24.2 Å². The van der Waals surface area contributed by atoms with E-state index in [0.717, 1.165) is 10.6 Å². The minimum Gasteiger partial charge on any atom is -0.495 e. The van der Waals surface area contributed by atoms with Crippen LogP contribution in [0.25, 0.3) is 0 Å². The molecule has 0 aliphatic heterocycles. The summed E-state index contributed by atoms with van der Waals surface area (Å²) in [6, 6.07) is 9.07. The molecule has 8 nitrogen and oxygen atoms in total. The number of halogens is 2. The molecule has 198 valence electrons. The number of rotatable bonds is 10. The lowest BCUT2D eigenvalue weighted by Gasteiger charge is -2.34. The van der Waals surface area contributed by atoms with Crippen LogP contribution in [0, 0.1) is 5.82 Å². The van der Waals surface area contributed by atoms with E-state index < -0.39 is 39.9 Å². The summed E-state index contributed by atoms with van der Waals surface area (Å²) in [5, 5.41) is 3.13. The molecule has 2 aromatic carbocycles. The Bertz CT molecular complexity index is 1180. The van der Waals surface area contributed by atoms with Crippen LogP contribution in [0.1, 0.15) is 39.7 Å². The zero-order chi connectivity index (χ0) is 27.3. The highest BCUT2D eigenvalue weighted by atomic mass is 35.5. The molecule has 0 saturated heterocycles. The monoisotopic (exact) mass is 541 g/mol. The average Bonchev–Trinajstić information content (AvgIpc) is 2.76. The van der Waals surface area contributed by atoms with Crippen molar-refractivity contribution in [2.24, 2.45) is 0 Å². The molecule has 36 heavy (non-hydrogen) atoms. The van der Waals surface area contributed by atoms with Crippen LogP contribution in [0.2, 0.25) is 5.02 Å². The maximum Gasteiger partial charge on any atom is 0.244 e. The molecule has 2 aromatic rings. The van der Waals surface area contributed by atoms with Crippen LogP contribution in [0.5, 0.6) is 5.75 Å². The van der Waals surface area contributed by atoms with Gasteiger partial charge in [0, 0.05) is 17.1 Å². The molecule has 0 fully saturated rings. The molecule has 2 amide bonds. The lowest BCUT2D eigenvalue weighted by Crippen LogP contribution is -2.55. The van der Waals surface area contributed by atoms with Gasteiger partial charge in [-0.1, -0.05) is 30.7 Å². The first-order valence-electron chi connectivity index (χ1n) is 11.3. The fourth-order valence-corrected chi connectivity index (χ4v) is 4.62. The molecule has 0 aromatic heterocycles. The normalized spacial score (nSPS) is 12.6. The summed E-state index contributed by atoms with van der Waals surface area (Å²) in [5.41, 5.74) is 0.120. The molecule has 0 bridgehead atoms. The fraction of sp³-hybridized carbons (Fsp3) is 0.440. The predicted octanol–water partition coefficient (Wildman–Crippen LogP) is 3.98. The van der Waals surface area contributed by atoms with Crippen molar-refractivity contribution < 1.29 is 27.1 Å². The van der Waals surface area contributed by atoms with Crippen molar-refractivity contribution in [2.45, 2.75) is 52.2 Å². The van der Waals surface area contributed by atoms with Gasteiger partial charge in [-0.25, -0.2) is 12.8 Å². The van der Waals surface area contributed by atoms with Gasteiger partial charge in [0.25, 0.3) is 0 Å². The van der Waals surface area contributed by atoms with Crippen LogP contribution >= 0.6 is 11.6 Å². The second kappa shape index (κ2) is 11.9. The van der Waals surface area contributed by atoms with E-state index in [1.807, 2.05) is 20.8 Å². The second-order valence-corrected chi connectivity index (χ2v) is 11.7. The zero-order valence-corrected chi connectivity index (χ0v) is 22.9. The van der Waals surface area contributed by atoms with Crippen molar-refractivity contribution in [3.63, 3.8) is 0 Å². The first-order chi connectivity index (χ1) is 16.7. The Morgan fingerprint density at radius 3 is 2.25 bits per heavy atom. The van der Waals surface area contributed by atoms with Gasteiger partial charge in [0.05, 0.1) is 19.1 Å². The highest BCUT2D eigenvalue weighted by Gasteiger charge is 2.33. The number of carbonyl (C=O) groups excluding carboxylic acids is 2. The summed E-state index contributed by atoms with van der Waals surface area (Å²) in [7, 11) is -2.58. The van der Waals surface area contributed by atoms with Gasteiger partial charge < -0.3 is 15.0 Å². The Hall–Kier alpha value is -2.85. The Morgan fingerprint density at radius 1 is 1.14 bits per heavy atom. The third-order valence-corrected chi connectivity index (χ3v) is 6.60. The van der Waals surface area contributed by atoms with Crippen LogP contribution < -0.4 is 14.4 Å². The van der Waals surface area contributed by atoms with Gasteiger partial charge in [0.15, 0.2) is 0 Å². The van der Waals surface area contributed by atoms with Crippen LogP contribution in [0.15, 0.2) is 42.5 Å². The molecular weight excluding hydrogens is 509 g/mol. The van der Waals surface area contributed by atoms with Gasteiger partial charge in [-0.2, -0.15) is 0 Å². The molecule has 1 atom stereocenters. The molecule has 0 unspecified atom stereocenters. The Morgan fingerprint density at radius 2 is 1.75 bits per heavy atom. The van der Waals surface area contributed by atoms with Crippen molar-refractivity contribution in [3.05, 3.63) is 58.9 Å². The van der Waals surface area contributed by atoms with E-state index in [2.05, 4.69) is 5.32 Å². The number of carbonyl (C=O) groups is 2. The fourth-order valence-electron chi connectivity index (χ4n) is 3.61. The highest BCUT2D eigenvalue weighted by Crippen LogP contribution is 2.33. The van der Waals surface area contributed by atoms with E-state index in [9.17, 15) is 22.4 Å². The Kier molecular flexibility index (Phi) is 9.73. The summed E-state index contributed by atoms with van der Waals surface area (Å²) in [5.74, 6) is -1.24. The number of amides is 2. The van der Waals surface area contributed by atoms with E-state index >= 15 is 0 Å². The summed E-state index contributed by atoms with van der Waals surface area (Å²) < 4.78 is 45.2. The van der Waals surface area contributed by atoms with Crippen LogP contribution in [0.3, 0.4) is 0 Å². The van der Waals surface area contributed by atoms with Crippen molar-refractivity contribution in [1.82, 2.24) is 10.2 Å². The van der Waals surface area contributed by atoms with Gasteiger partial charge in [-0.05, 0) is 63.1 Å². The van der Waals surface area contributed by atoms with Gasteiger partial charge in [-0.3, -0.25) is 13.9 Å². The molecule has 0 aliphatic rings. The molecule has 0 heterocycles. The third-order valence-electron chi connectivity index (χ3n) is 5.24. The molecule has 2 rings (SSSR count). The standard InChI is InChI=1S/C25H33ClFN3O5S/c1-7-20(24(32)28-25(2,3)4)29(15-17-8-11-19(27)12-9-17)23(31)16-30(36(6,33)34)21-14-18(26)10-13-22(21)35-5/h8-14,20H,7,15-16H2,1-6H3,(H,28,32)/t20-/m0/s1. The van der Waals surface area contributed by atoms with Crippen molar-refractivity contribution in [3.8, 4) is 5.75 Å². The molecule has 0 aliphatic carbocycles. The third kappa shape index (κ3) is 8.09. The summed E-state index contributed by atoms with van der Waals surface area (Å²) in [6.45, 7) is 6.59. The predicted molar refractivity (Wildman–Crippen MR) is 139 cm³/mol. The molecule has 0 spiro atoms. The molecule has 1 N–H and O–H groups in total. The summed E-state index contributed by atoms with van der Waals surface area (Å²) in [6.07, 6.45) is 1.24. The van der Waals surface area contributed by atoms with E-state index in [-0.39, 0.29) is 35.3 Å². The van der Waals surface area contributed by atoms with Gasteiger partial charge in [-0.15, -0.1) is 0 Å². The maximum absolute atomic E-state index is 13.7. The first kappa shape index (κ1) is 29.4. The smallest absolute Gasteiger partial charge is 0.244 e. The number of nitrogens with zero attached hydrogens (tertiary/aromatic N) is 2. The lowest BCUT2D eigenvalue weighted by molar-refractivity contribution is -0.141. The lowest BCUT2D eigenvalue weighted by atomic mass is 10.1. The van der Waals surface area contributed by atoms with Gasteiger partial charge in [0.2, 0.25) is 21.8 Å². The topological polar surface area (TPSA) is 96.0 Å². The number of hydrogen-bond acceptors (Lipinski definition) is 5. The maximum atomic E-state index is 13.7. The van der Waals surface area contributed by atoms with Crippen LogP contribution in [0.4, 0.5) is 10.1 Å². The van der Waals surface area contributed by atoms with Crippen LogP contribution in [-0.4, -0.2) is 56.6 Å². The summed E-state index contributed by atoms with van der Waals surface area (Å²) >= 11 is 6.11. The Balaban J connectivity index is 2.52. The van der Waals surface area contributed by atoms with Crippen molar-refractivity contribution in [1.29, 1.82) is 0 Å². The number of benzene rings is 2. The van der Waals surface area contributed by atoms with Crippen LogP contribution in [-0.2, 0) is 26.2 Å². The SMILES string of the molecule is CC[C@@H](C(=O)NC(C)(C)C)N(Cc1ccc(F)cc1)C(=O)CN(c1cc(Cl)ccc1OC)S(C)(=O)=O. The minimum absolute atomic E-state index is 0.0283. The second-order valence-electron chi connectivity index (χ2n) is 9.40. The summed E-state index contributed by atoms with van der Waals surface area (Å²) in [4.78, 5) is 28.1. The van der Waals surface area contributed by atoms with E-state index in [4.69, 9.17) is 16.3 Å². The number of methoxy groups -OCH3 is 1. The number of sulfonamides is 1. The van der Waals surface area contributed by atoms with E-state index in [0.29, 0.717) is 5.56 Å². The van der Waals surface area contributed by atoms with Gasteiger partial charge >= 0.3 is 0 Å². The van der Waals surface area contributed by atoms with Crippen molar-refractivity contribution >= 4 is 39.1 Å². The van der Waals surface area contributed by atoms with Crippen molar-refractivity contribution in [2.75, 3.05) is 24.2 Å². The average molecular weight is 542 g/mol. The number of hydrogen-bond donors (Lipinski definition) is 1. The zero-order valence-electron chi connectivity index (χ0n) is 21.3. The number of nitrogens with one attached hydrogen (secondary N) is 1. The Labute approximate surface area is 217 Å². The molecular formula is C25H33ClFN3O5S. The van der Waals surface area contributed by atoms with E-state index in [1.165, 1.54) is 54.5 Å². The molecule has 11 heteroatoms. The number of anilines is 1. The molecule has 0 radical (unpaired) electrons. The minimum atomic E-state index is -3.96. The first-order valence-corrected chi connectivity index (χ1v) is 13.6. The largest absolute Gasteiger partial charge is 0.495 e.